The van der Waals surface area contributed by atoms with Crippen LogP contribution in [0.3, 0.4) is 0 Å². The van der Waals surface area contributed by atoms with Gasteiger partial charge in [0.2, 0.25) is 5.13 Å². The Morgan fingerprint density at radius 1 is 1.00 bits per heavy atom. The van der Waals surface area contributed by atoms with E-state index in [9.17, 15) is 0 Å². The van der Waals surface area contributed by atoms with Gasteiger partial charge >= 0.3 is 0 Å². The second-order valence-electron chi connectivity index (χ2n) is 4.61. The summed E-state index contributed by atoms with van der Waals surface area (Å²) in [6.45, 7) is 0. The number of rotatable bonds is 5. The third-order valence-corrected chi connectivity index (χ3v) is 4.56. The molecule has 0 radical (unpaired) electrons. The lowest BCUT2D eigenvalue weighted by atomic mass is 10.2. The van der Waals surface area contributed by atoms with Gasteiger partial charge in [0.05, 0.1) is 19.8 Å². The highest BCUT2D eigenvalue weighted by atomic mass is 79.9. The van der Waals surface area contributed by atoms with Crippen molar-refractivity contribution in [3.8, 4) is 22.1 Å². The molecule has 0 saturated heterocycles. The van der Waals surface area contributed by atoms with E-state index in [4.69, 9.17) is 9.47 Å². The molecule has 0 unspecified atom stereocenters. The fraction of sp³-hybridized carbons (Fsp3) is 0.125. The number of hydrogen-bond donors (Lipinski definition) is 1. The van der Waals surface area contributed by atoms with Gasteiger partial charge in [-0.05, 0) is 42.5 Å². The van der Waals surface area contributed by atoms with E-state index in [1.807, 2.05) is 42.5 Å². The van der Waals surface area contributed by atoms with Gasteiger partial charge in [-0.25, -0.2) is 0 Å². The Morgan fingerprint density at radius 3 is 2.48 bits per heavy atom. The molecule has 7 heteroatoms. The third-order valence-electron chi connectivity index (χ3n) is 3.16. The maximum Gasteiger partial charge on any atom is 0.210 e. The Hall–Kier alpha value is -2.12. The van der Waals surface area contributed by atoms with Crippen LogP contribution in [0.2, 0.25) is 0 Å². The highest BCUT2D eigenvalue weighted by molar-refractivity contribution is 9.10. The molecule has 0 fully saturated rings. The zero-order chi connectivity index (χ0) is 16.2. The SMILES string of the molecule is COc1ccc(OC)c(-c2nnc(Nc3ccc(Br)cc3)s2)c1. The van der Waals surface area contributed by atoms with Crippen LogP contribution in [0.5, 0.6) is 11.5 Å². The maximum atomic E-state index is 5.40. The molecular formula is C16H14BrN3O2S. The Balaban J connectivity index is 1.88. The highest BCUT2D eigenvalue weighted by Crippen LogP contribution is 2.36. The number of aromatic nitrogens is 2. The Kier molecular flexibility index (Phi) is 4.78. The molecule has 0 aliphatic rings. The first-order valence-electron chi connectivity index (χ1n) is 6.78. The minimum atomic E-state index is 0.715. The van der Waals surface area contributed by atoms with E-state index < -0.39 is 0 Å². The molecule has 1 heterocycles. The van der Waals surface area contributed by atoms with Gasteiger partial charge in [0, 0.05) is 10.2 Å². The van der Waals surface area contributed by atoms with Gasteiger partial charge in [-0.3, -0.25) is 0 Å². The van der Waals surface area contributed by atoms with E-state index >= 15 is 0 Å². The number of hydrogen-bond acceptors (Lipinski definition) is 6. The van der Waals surface area contributed by atoms with Crippen LogP contribution in [0.15, 0.2) is 46.9 Å². The largest absolute Gasteiger partial charge is 0.497 e. The fourth-order valence-corrected chi connectivity index (χ4v) is 3.07. The van der Waals surface area contributed by atoms with Crippen molar-refractivity contribution in [2.45, 2.75) is 0 Å². The van der Waals surface area contributed by atoms with Crippen LogP contribution in [0.25, 0.3) is 10.6 Å². The standard InChI is InChI=1S/C16H14BrN3O2S/c1-21-12-7-8-14(22-2)13(9-12)15-19-20-16(23-15)18-11-5-3-10(17)4-6-11/h3-9H,1-2H3,(H,18,20). The third kappa shape index (κ3) is 3.62. The monoisotopic (exact) mass is 391 g/mol. The molecule has 3 aromatic rings. The minimum Gasteiger partial charge on any atom is -0.497 e. The van der Waals surface area contributed by atoms with E-state index in [1.165, 1.54) is 11.3 Å². The first-order chi connectivity index (χ1) is 11.2. The van der Waals surface area contributed by atoms with E-state index in [2.05, 4.69) is 31.4 Å². The lowest BCUT2D eigenvalue weighted by molar-refractivity contribution is 0.404. The van der Waals surface area contributed by atoms with E-state index in [0.717, 1.165) is 32.2 Å². The molecule has 118 valence electrons. The van der Waals surface area contributed by atoms with Gasteiger partial charge in [0.1, 0.15) is 11.5 Å². The number of methoxy groups -OCH3 is 2. The average Bonchev–Trinajstić information content (AvgIpc) is 3.04. The maximum absolute atomic E-state index is 5.40. The molecule has 0 aliphatic heterocycles. The molecule has 0 bridgehead atoms. The Morgan fingerprint density at radius 2 is 1.78 bits per heavy atom. The van der Waals surface area contributed by atoms with Gasteiger partial charge in [-0.15, -0.1) is 10.2 Å². The smallest absolute Gasteiger partial charge is 0.210 e. The van der Waals surface area contributed by atoms with Crippen LogP contribution < -0.4 is 14.8 Å². The highest BCUT2D eigenvalue weighted by Gasteiger charge is 2.13. The molecule has 0 amide bonds. The Bertz CT molecular complexity index is 805. The predicted octanol–water partition coefficient (Wildman–Crippen LogP) is 4.73. The van der Waals surface area contributed by atoms with Crippen molar-refractivity contribution in [1.82, 2.24) is 10.2 Å². The summed E-state index contributed by atoms with van der Waals surface area (Å²) in [4.78, 5) is 0. The second kappa shape index (κ2) is 6.97. The number of benzene rings is 2. The summed E-state index contributed by atoms with van der Waals surface area (Å²) in [5.41, 5.74) is 1.81. The first-order valence-corrected chi connectivity index (χ1v) is 8.39. The van der Waals surface area contributed by atoms with Gasteiger partial charge < -0.3 is 14.8 Å². The van der Waals surface area contributed by atoms with Gasteiger partial charge in [-0.1, -0.05) is 27.3 Å². The van der Waals surface area contributed by atoms with Crippen molar-refractivity contribution >= 4 is 38.1 Å². The summed E-state index contributed by atoms with van der Waals surface area (Å²) in [6.07, 6.45) is 0. The van der Waals surface area contributed by atoms with Crippen molar-refractivity contribution in [3.63, 3.8) is 0 Å². The topological polar surface area (TPSA) is 56.3 Å². The van der Waals surface area contributed by atoms with Crippen LogP contribution in [0.1, 0.15) is 0 Å². The summed E-state index contributed by atoms with van der Waals surface area (Å²) in [5.74, 6) is 1.48. The van der Waals surface area contributed by atoms with Gasteiger partial charge in [0.15, 0.2) is 5.01 Å². The fourth-order valence-electron chi connectivity index (χ4n) is 2.02. The molecule has 1 aromatic heterocycles. The van der Waals surface area contributed by atoms with Crippen molar-refractivity contribution < 1.29 is 9.47 Å². The molecule has 5 nitrogen and oxygen atoms in total. The van der Waals surface area contributed by atoms with Gasteiger partial charge in [-0.2, -0.15) is 0 Å². The molecule has 2 aromatic carbocycles. The van der Waals surface area contributed by atoms with Crippen LogP contribution >= 0.6 is 27.3 Å². The number of ether oxygens (including phenoxy) is 2. The molecule has 1 N–H and O–H groups in total. The molecule has 0 spiro atoms. The minimum absolute atomic E-state index is 0.715. The Labute approximate surface area is 146 Å². The second-order valence-corrected chi connectivity index (χ2v) is 6.50. The van der Waals surface area contributed by atoms with Crippen molar-refractivity contribution in [3.05, 3.63) is 46.9 Å². The van der Waals surface area contributed by atoms with E-state index in [0.29, 0.717) is 5.13 Å². The first kappa shape index (κ1) is 15.8. The van der Waals surface area contributed by atoms with Crippen LogP contribution in [0.4, 0.5) is 10.8 Å². The van der Waals surface area contributed by atoms with E-state index in [1.54, 1.807) is 14.2 Å². The summed E-state index contributed by atoms with van der Waals surface area (Å²) < 4.78 is 11.7. The lowest BCUT2D eigenvalue weighted by Gasteiger charge is -2.07. The summed E-state index contributed by atoms with van der Waals surface area (Å²) in [5, 5.41) is 13.2. The lowest BCUT2D eigenvalue weighted by Crippen LogP contribution is -1.90. The number of nitrogens with zero attached hydrogens (tertiary/aromatic N) is 2. The van der Waals surface area contributed by atoms with Gasteiger partial charge in [0.25, 0.3) is 0 Å². The molecule has 3 rings (SSSR count). The predicted molar refractivity (Wildman–Crippen MR) is 95.9 cm³/mol. The van der Waals surface area contributed by atoms with Crippen LogP contribution in [0, 0.1) is 0 Å². The van der Waals surface area contributed by atoms with Crippen LogP contribution in [-0.4, -0.2) is 24.4 Å². The van der Waals surface area contributed by atoms with Crippen LogP contribution in [-0.2, 0) is 0 Å². The number of nitrogens with one attached hydrogen (secondary N) is 1. The zero-order valence-corrected chi connectivity index (χ0v) is 14.9. The normalized spacial score (nSPS) is 10.4. The molecule has 0 aliphatic carbocycles. The molecule has 0 saturated carbocycles. The molecule has 23 heavy (non-hydrogen) atoms. The number of anilines is 2. The van der Waals surface area contributed by atoms with Crippen molar-refractivity contribution in [2.24, 2.45) is 0 Å². The summed E-state index contributed by atoms with van der Waals surface area (Å²) in [6, 6.07) is 13.5. The van der Waals surface area contributed by atoms with Crippen molar-refractivity contribution in [1.29, 1.82) is 0 Å². The zero-order valence-electron chi connectivity index (χ0n) is 12.5. The molecular weight excluding hydrogens is 378 g/mol. The molecule has 0 atom stereocenters. The average molecular weight is 392 g/mol. The quantitative estimate of drug-likeness (QED) is 0.681. The summed E-state index contributed by atoms with van der Waals surface area (Å²) >= 11 is 4.87. The van der Waals surface area contributed by atoms with E-state index in [-0.39, 0.29) is 0 Å². The van der Waals surface area contributed by atoms with Crippen molar-refractivity contribution in [2.75, 3.05) is 19.5 Å². The number of halogens is 1. The summed E-state index contributed by atoms with van der Waals surface area (Å²) in [7, 11) is 3.26.